The van der Waals surface area contributed by atoms with Crippen molar-refractivity contribution in [1.29, 1.82) is 0 Å². The number of carbonyl (C=O) groups is 2. The number of hydrogen-bond donors (Lipinski definition) is 2. The van der Waals surface area contributed by atoms with Gasteiger partial charge in [-0.05, 0) is 64.8 Å². The highest BCUT2D eigenvalue weighted by Crippen LogP contribution is 2.22. The van der Waals surface area contributed by atoms with Crippen molar-refractivity contribution in [1.82, 2.24) is 15.2 Å². The predicted octanol–water partition coefficient (Wildman–Crippen LogP) is 3.34. The molecular weight excluding hydrogens is 384 g/mol. The molecule has 0 unspecified atom stereocenters. The molecule has 2 amide bonds. The van der Waals surface area contributed by atoms with Crippen LogP contribution in [0, 0.1) is 33.6 Å². The van der Waals surface area contributed by atoms with E-state index >= 15 is 0 Å². The number of nitrogens with one attached hydrogen (secondary N) is 2. The van der Waals surface area contributed by atoms with Crippen LogP contribution in [0.2, 0.25) is 0 Å². The molecule has 1 aromatic carbocycles. The highest BCUT2D eigenvalue weighted by Gasteiger charge is 2.25. The van der Waals surface area contributed by atoms with Gasteiger partial charge in [0.2, 0.25) is 11.8 Å². The topological polar surface area (TPSA) is 74.3 Å². The minimum Gasteiger partial charge on any atom is -0.347 e. The predicted molar refractivity (Wildman–Crippen MR) is 117 cm³/mol. The first kappa shape index (κ1) is 21.5. The zero-order valence-corrected chi connectivity index (χ0v) is 18.5. The van der Waals surface area contributed by atoms with Crippen LogP contribution in [-0.2, 0) is 16.1 Å². The van der Waals surface area contributed by atoms with Gasteiger partial charge in [-0.15, -0.1) is 11.3 Å². The summed E-state index contributed by atoms with van der Waals surface area (Å²) in [7, 11) is 0. The number of anilines is 1. The average Bonchev–Trinajstić information content (AvgIpc) is 3.08. The monoisotopic (exact) mass is 414 g/mol. The maximum atomic E-state index is 12.5. The van der Waals surface area contributed by atoms with Crippen LogP contribution in [0.3, 0.4) is 0 Å². The van der Waals surface area contributed by atoms with Crippen molar-refractivity contribution in [3.8, 4) is 0 Å². The van der Waals surface area contributed by atoms with Gasteiger partial charge in [-0.25, -0.2) is 4.98 Å². The molecular formula is C22H30N4O2S. The molecule has 1 fully saturated rings. The number of likely N-dealkylation sites (tertiary alicyclic amines) is 1. The van der Waals surface area contributed by atoms with Gasteiger partial charge in [-0.3, -0.25) is 14.5 Å². The molecule has 7 heteroatoms. The molecule has 0 saturated carbocycles. The third kappa shape index (κ3) is 5.87. The number of rotatable bonds is 6. The first-order valence-electron chi connectivity index (χ1n) is 10.1. The molecule has 1 saturated heterocycles. The summed E-state index contributed by atoms with van der Waals surface area (Å²) in [6.07, 6.45) is 1.62. The van der Waals surface area contributed by atoms with E-state index < -0.39 is 0 Å². The number of benzene rings is 1. The number of aryl methyl sites for hydroxylation is 4. The van der Waals surface area contributed by atoms with Crippen molar-refractivity contribution in [3.05, 3.63) is 44.9 Å². The summed E-state index contributed by atoms with van der Waals surface area (Å²) in [6.45, 7) is 10.6. The Labute approximate surface area is 176 Å². The molecule has 156 valence electrons. The molecule has 1 aromatic heterocycles. The molecule has 0 atom stereocenters. The Kier molecular flexibility index (Phi) is 7.03. The third-order valence-corrected chi connectivity index (χ3v) is 6.20. The zero-order chi connectivity index (χ0) is 21.0. The number of aromatic nitrogens is 1. The van der Waals surface area contributed by atoms with Crippen LogP contribution >= 0.6 is 11.3 Å². The summed E-state index contributed by atoms with van der Waals surface area (Å²) in [6, 6.07) is 4.09. The maximum absolute atomic E-state index is 12.5. The minimum absolute atomic E-state index is 0.00387. The second kappa shape index (κ2) is 9.50. The van der Waals surface area contributed by atoms with E-state index in [1.165, 1.54) is 5.56 Å². The summed E-state index contributed by atoms with van der Waals surface area (Å²) >= 11 is 1.67. The first-order valence-corrected chi connectivity index (χ1v) is 11.0. The number of thiazole rings is 1. The Balaban J connectivity index is 1.42. The molecule has 1 aliphatic heterocycles. The van der Waals surface area contributed by atoms with Crippen LogP contribution in [0.25, 0.3) is 0 Å². The van der Waals surface area contributed by atoms with Crippen LogP contribution in [0.1, 0.15) is 40.2 Å². The largest absolute Gasteiger partial charge is 0.347 e. The minimum atomic E-state index is -0.190. The van der Waals surface area contributed by atoms with E-state index in [9.17, 15) is 9.59 Å². The van der Waals surface area contributed by atoms with E-state index in [2.05, 4.69) is 25.9 Å². The fourth-order valence-electron chi connectivity index (χ4n) is 3.94. The summed E-state index contributed by atoms with van der Waals surface area (Å²) < 4.78 is 0. The number of nitrogens with zero attached hydrogens (tertiary/aromatic N) is 2. The number of carbonyl (C=O) groups excluding carboxylic acids is 2. The number of hydrogen-bond acceptors (Lipinski definition) is 5. The Morgan fingerprint density at radius 2 is 1.79 bits per heavy atom. The Morgan fingerprint density at radius 1 is 1.14 bits per heavy atom. The number of amides is 2. The van der Waals surface area contributed by atoms with Crippen LogP contribution in [0.4, 0.5) is 5.69 Å². The van der Waals surface area contributed by atoms with Crippen LogP contribution < -0.4 is 10.6 Å². The fourth-order valence-corrected chi connectivity index (χ4v) is 4.54. The van der Waals surface area contributed by atoms with Crippen LogP contribution in [-0.4, -0.2) is 41.3 Å². The van der Waals surface area contributed by atoms with Gasteiger partial charge in [0.1, 0.15) is 0 Å². The van der Waals surface area contributed by atoms with Gasteiger partial charge in [-0.1, -0.05) is 17.7 Å². The highest BCUT2D eigenvalue weighted by molar-refractivity contribution is 7.09. The van der Waals surface area contributed by atoms with Gasteiger partial charge in [0.15, 0.2) is 0 Å². The Hall–Kier alpha value is -2.25. The van der Waals surface area contributed by atoms with Gasteiger partial charge in [0.05, 0.1) is 17.2 Å². The molecule has 29 heavy (non-hydrogen) atoms. The lowest BCUT2D eigenvalue weighted by atomic mass is 9.96. The molecule has 2 heterocycles. The molecule has 2 aromatic rings. The summed E-state index contributed by atoms with van der Waals surface area (Å²) in [5.41, 5.74) is 5.17. The van der Waals surface area contributed by atoms with Gasteiger partial charge in [-0.2, -0.15) is 0 Å². The molecule has 6 nitrogen and oxygen atoms in total. The van der Waals surface area contributed by atoms with Crippen molar-refractivity contribution in [2.24, 2.45) is 5.92 Å². The quantitative estimate of drug-likeness (QED) is 0.760. The normalized spacial score (nSPS) is 15.3. The van der Waals surface area contributed by atoms with Crippen LogP contribution in [0.5, 0.6) is 0 Å². The molecule has 0 radical (unpaired) electrons. The van der Waals surface area contributed by atoms with E-state index in [4.69, 9.17) is 0 Å². The SMILES string of the molecule is Cc1cc(C)c(NC(=O)CNC(=O)C2CCN(Cc3csc(C)n3)CC2)c(C)c1. The molecule has 0 aliphatic carbocycles. The maximum Gasteiger partial charge on any atom is 0.243 e. The zero-order valence-electron chi connectivity index (χ0n) is 17.7. The van der Waals surface area contributed by atoms with E-state index in [-0.39, 0.29) is 24.3 Å². The van der Waals surface area contributed by atoms with Crippen molar-refractivity contribution < 1.29 is 9.59 Å². The Morgan fingerprint density at radius 3 is 2.38 bits per heavy atom. The second-order valence-corrected chi connectivity index (χ2v) is 9.01. The molecule has 0 bridgehead atoms. The first-order chi connectivity index (χ1) is 13.8. The lowest BCUT2D eigenvalue weighted by Crippen LogP contribution is -2.42. The van der Waals surface area contributed by atoms with Gasteiger partial charge in [0, 0.05) is 23.5 Å². The summed E-state index contributed by atoms with van der Waals surface area (Å²) in [5, 5.41) is 8.93. The van der Waals surface area contributed by atoms with E-state index in [1.54, 1.807) is 11.3 Å². The van der Waals surface area contributed by atoms with Crippen molar-refractivity contribution in [3.63, 3.8) is 0 Å². The molecule has 3 rings (SSSR count). The lowest BCUT2D eigenvalue weighted by molar-refractivity contribution is -0.128. The average molecular weight is 415 g/mol. The standard InChI is InChI=1S/C22H30N4O2S/c1-14-9-15(2)21(16(3)10-14)25-20(27)11-23-22(28)18-5-7-26(8-6-18)12-19-13-29-17(4)24-19/h9-10,13,18H,5-8,11-12H2,1-4H3,(H,23,28)(H,25,27). The summed E-state index contributed by atoms with van der Waals surface area (Å²) in [5.74, 6) is -0.245. The highest BCUT2D eigenvalue weighted by atomic mass is 32.1. The van der Waals surface area contributed by atoms with Gasteiger partial charge >= 0.3 is 0 Å². The molecule has 0 spiro atoms. The fraction of sp³-hybridized carbons (Fsp3) is 0.500. The van der Waals surface area contributed by atoms with E-state index in [1.807, 2.05) is 39.8 Å². The van der Waals surface area contributed by atoms with Crippen molar-refractivity contribution in [2.75, 3.05) is 25.0 Å². The van der Waals surface area contributed by atoms with Crippen molar-refractivity contribution in [2.45, 2.75) is 47.1 Å². The van der Waals surface area contributed by atoms with E-state index in [0.717, 1.165) is 60.0 Å². The van der Waals surface area contributed by atoms with Crippen molar-refractivity contribution >= 4 is 28.8 Å². The van der Waals surface area contributed by atoms with Crippen LogP contribution in [0.15, 0.2) is 17.5 Å². The smallest absolute Gasteiger partial charge is 0.243 e. The number of piperidine rings is 1. The van der Waals surface area contributed by atoms with Gasteiger partial charge in [0.25, 0.3) is 0 Å². The molecule has 1 aliphatic rings. The molecule has 2 N–H and O–H groups in total. The Bertz CT molecular complexity index is 862. The summed E-state index contributed by atoms with van der Waals surface area (Å²) in [4.78, 5) is 31.6. The lowest BCUT2D eigenvalue weighted by Gasteiger charge is -2.30. The van der Waals surface area contributed by atoms with E-state index in [0.29, 0.717) is 0 Å². The third-order valence-electron chi connectivity index (χ3n) is 5.38. The van der Waals surface area contributed by atoms with Gasteiger partial charge < -0.3 is 10.6 Å². The second-order valence-electron chi connectivity index (χ2n) is 7.95.